The zero-order chi connectivity index (χ0) is 31.5. The molecule has 5 atom stereocenters. The summed E-state index contributed by atoms with van der Waals surface area (Å²) in [5.41, 5.74) is 3.40. The van der Waals surface area contributed by atoms with Crippen molar-refractivity contribution in [2.24, 2.45) is 11.8 Å². The molecule has 1 amide bonds. The smallest absolute Gasteiger partial charge is 0.264 e. The van der Waals surface area contributed by atoms with Crippen LogP contribution in [-0.2, 0) is 21.9 Å². The minimum atomic E-state index is -3.95. The normalized spacial score (nSPS) is 30.2. The van der Waals surface area contributed by atoms with Crippen molar-refractivity contribution in [1.82, 2.24) is 4.72 Å². The summed E-state index contributed by atoms with van der Waals surface area (Å²) >= 11 is 6.39. The molecule has 2 aromatic carbocycles. The van der Waals surface area contributed by atoms with Crippen molar-refractivity contribution in [3.05, 3.63) is 70.3 Å². The number of nitrogens with one attached hydrogen (secondary N) is 1. The number of rotatable bonds is 2. The number of carbonyl (C=O) groups excluding carboxylic acids is 1. The molecule has 9 heteroatoms. The highest BCUT2D eigenvalue weighted by atomic mass is 35.5. The van der Waals surface area contributed by atoms with Crippen molar-refractivity contribution in [3.8, 4) is 5.75 Å². The van der Waals surface area contributed by atoms with E-state index in [0.717, 1.165) is 62.3 Å². The lowest BCUT2D eigenvalue weighted by Crippen LogP contribution is -2.46. The number of aliphatic hydroxyl groups excluding tert-OH is 1. The highest BCUT2D eigenvalue weighted by Crippen LogP contribution is 2.44. The number of anilines is 1. The minimum Gasteiger partial charge on any atom is -0.490 e. The fourth-order valence-corrected chi connectivity index (χ4v) is 9.29. The van der Waals surface area contributed by atoms with Gasteiger partial charge in [-0.15, -0.1) is 0 Å². The average molecular weight is 643 g/mol. The Labute approximate surface area is 268 Å². The highest BCUT2D eigenvalue weighted by molar-refractivity contribution is 7.90. The summed E-state index contributed by atoms with van der Waals surface area (Å²) in [7, 11) is -3.95. The van der Waals surface area contributed by atoms with Gasteiger partial charge in [-0.05, 0) is 98.2 Å². The maximum atomic E-state index is 13.6. The topological polar surface area (TPSA) is 95.9 Å². The molecule has 2 aliphatic heterocycles. The largest absolute Gasteiger partial charge is 0.490 e. The fourth-order valence-electron chi connectivity index (χ4n) is 7.30. The van der Waals surface area contributed by atoms with Crippen LogP contribution in [0.1, 0.15) is 93.6 Å². The van der Waals surface area contributed by atoms with Crippen molar-refractivity contribution in [3.63, 3.8) is 0 Å². The van der Waals surface area contributed by atoms with E-state index in [4.69, 9.17) is 16.3 Å². The number of aliphatic hydroxyl groups is 1. The number of hydrogen-bond acceptors (Lipinski definition) is 6. The van der Waals surface area contributed by atoms with Gasteiger partial charge in [0, 0.05) is 29.1 Å². The Kier molecular flexibility index (Phi) is 10.3. The van der Waals surface area contributed by atoms with E-state index in [1.807, 2.05) is 32.1 Å². The number of halogens is 1. The van der Waals surface area contributed by atoms with Gasteiger partial charge in [0.15, 0.2) is 0 Å². The third-order valence-electron chi connectivity index (χ3n) is 9.90. The molecule has 240 valence electrons. The van der Waals surface area contributed by atoms with Crippen LogP contribution >= 0.6 is 11.6 Å². The lowest BCUT2D eigenvalue weighted by Gasteiger charge is -2.41. The van der Waals surface area contributed by atoms with E-state index >= 15 is 0 Å². The molecule has 1 aliphatic carbocycles. The van der Waals surface area contributed by atoms with Crippen LogP contribution in [0, 0.1) is 11.8 Å². The van der Waals surface area contributed by atoms with E-state index in [0.29, 0.717) is 37.2 Å². The van der Waals surface area contributed by atoms with Gasteiger partial charge in [0.05, 0.1) is 23.6 Å². The molecule has 0 fully saturated rings. The lowest BCUT2D eigenvalue weighted by atomic mass is 9.70. The molecule has 0 radical (unpaired) electrons. The molecule has 2 aromatic rings. The second-order valence-corrected chi connectivity index (χ2v) is 15.6. The first-order valence-corrected chi connectivity index (χ1v) is 18.2. The van der Waals surface area contributed by atoms with E-state index < -0.39 is 27.3 Å². The monoisotopic (exact) mass is 642 g/mol. The van der Waals surface area contributed by atoms with Crippen molar-refractivity contribution in [2.75, 3.05) is 24.6 Å². The second-order valence-electron chi connectivity index (χ2n) is 13.2. The quantitative estimate of drug-likeness (QED) is 0.350. The molecule has 0 saturated heterocycles. The molecule has 7 nitrogen and oxygen atoms in total. The number of carbonyl (C=O) groups is 1. The Morgan fingerprint density at radius 2 is 1.93 bits per heavy atom. The van der Waals surface area contributed by atoms with Crippen LogP contribution in [0.15, 0.2) is 48.6 Å². The average Bonchev–Trinajstić information content (AvgIpc) is 3.13. The molecule has 2 heterocycles. The van der Waals surface area contributed by atoms with Gasteiger partial charge < -0.3 is 14.7 Å². The highest BCUT2D eigenvalue weighted by Gasteiger charge is 2.42. The molecule has 2 bridgehead atoms. The number of ether oxygens (including phenoxy) is 1. The van der Waals surface area contributed by atoms with Crippen molar-refractivity contribution >= 4 is 33.2 Å². The molecule has 44 heavy (non-hydrogen) atoms. The van der Waals surface area contributed by atoms with Gasteiger partial charge in [-0.2, -0.15) is 0 Å². The molecular formula is C35H47ClN2O5S. The minimum absolute atomic E-state index is 0.0857. The van der Waals surface area contributed by atoms with Crippen molar-refractivity contribution in [1.29, 1.82) is 0 Å². The Morgan fingerprint density at radius 3 is 2.73 bits per heavy atom. The number of nitrogens with zero attached hydrogens (tertiary/aromatic N) is 1. The molecular weight excluding hydrogens is 596 g/mol. The molecule has 0 aromatic heterocycles. The summed E-state index contributed by atoms with van der Waals surface area (Å²) in [6.45, 7) is 7.89. The van der Waals surface area contributed by atoms with E-state index in [1.54, 1.807) is 18.2 Å². The van der Waals surface area contributed by atoms with Gasteiger partial charge in [0.2, 0.25) is 10.0 Å². The van der Waals surface area contributed by atoms with Crippen LogP contribution in [0.3, 0.4) is 0 Å². The SMILES string of the molecule is CCCC1C(C)C/C=C/C(O)C(C)CCCCN2C[C@@]3(CCCc4cc(Cl)ccc43)COc3ccc(cc32)C(=O)NS1(=O)=O. The number of amides is 1. The van der Waals surface area contributed by atoms with Crippen LogP contribution in [0.4, 0.5) is 5.69 Å². The van der Waals surface area contributed by atoms with Gasteiger partial charge in [-0.25, -0.2) is 13.1 Å². The first-order chi connectivity index (χ1) is 21.0. The molecule has 1 spiro atoms. The zero-order valence-electron chi connectivity index (χ0n) is 26.2. The van der Waals surface area contributed by atoms with E-state index in [2.05, 4.69) is 28.7 Å². The summed E-state index contributed by atoms with van der Waals surface area (Å²) in [6, 6.07) is 11.4. The summed E-state index contributed by atoms with van der Waals surface area (Å²) < 4.78 is 36.1. The predicted molar refractivity (Wildman–Crippen MR) is 177 cm³/mol. The third-order valence-corrected chi connectivity index (χ3v) is 12.1. The number of fused-ring (bicyclic) bond motifs is 3. The number of sulfonamides is 1. The van der Waals surface area contributed by atoms with Crippen molar-refractivity contribution < 1.29 is 23.1 Å². The summed E-state index contributed by atoms with van der Waals surface area (Å²) in [4.78, 5) is 15.8. The third kappa shape index (κ3) is 7.13. The van der Waals surface area contributed by atoms with E-state index in [1.165, 1.54) is 11.1 Å². The van der Waals surface area contributed by atoms with Crippen LogP contribution in [0.2, 0.25) is 5.02 Å². The molecule has 5 rings (SSSR count). The Balaban J connectivity index is 1.52. The van der Waals surface area contributed by atoms with Gasteiger partial charge >= 0.3 is 0 Å². The van der Waals surface area contributed by atoms with Crippen LogP contribution in [-0.4, -0.2) is 50.5 Å². The summed E-state index contributed by atoms with van der Waals surface area (Å²) in [5.74, 6) is -0.0670. The summed E-state index contributed by atoms with van der Waals surface area (Å²) in [6.07, 6.45) is 10.5. The molecule has 2 N–H and O–H groups in total. The van der Waals surface area contributed by atoms with Gasteiger partial charge in [0.25, 0.3) is 5.91 Å². The molecule has 3 aliphatic rings. The zero-order valence-corrected chi connectivity index (χ0v) is 27.8. The van der Waals surface area contributed by atoms with Crippen LogP contribution in [0.5, 0.6) is 5.75 Å². The summed E-state index contributed by atoms with van der Waals surface area (Å²) in [5, 5.41) is 10.8. The van der Waals surface area contributed by atoms with E-state index in [-0.39, 0.29) is 17.3 Å². The molecule has 0 saturated carbocycles. The predicted octanol–water partition coefficient (Wildman–Crippen LogP) is 6.80. The Morgan fingerprint density at radius 1 is 1.11 bits per heavy atom. The maximum Gasteiger partial charge on any atom is 0.264 e. The fraction of sp³-hybridized carbons (Fsp3) is 0.571. The number of benzene rings is 2. The maximum absolute atomic E-state index is 13.6. The van der Waals surface area contributed by atoms with Crippen LogP contribution < -0.4 is 14.4 Å². The van der Waals surface area contributed by atoms with Gasteiger partial charge in [-0.1, -0.05) is 63.4 Å². The van der Waals surface area contributed by atoms with Gasteiger partial charge in [0.1, 0.15) is 5.75 Å². The van der Waals surface area contributed by atoms with Crippen molar-refractivity contribution in [2.45, 2.75) is 95.3 Å². The first-order valence-electron chi connectivity index (χ1n) is 16.2. The van der Waals surface area contributed by atoms with Crippen LogP contribution in [0.25, 0.3) is 0 Å². The number of hydrogen-bond donors (Lipinski definition) is 2. The molecule has 4 unspecified atom stereocenters. The second kappa shape index (κ2) is 13.8. The number of aryl methyl sites for hydroxylation is 1. The Bertz CT molecular complexity index is 1480. The van der Waals surface area contributed by atoms with Gasteiger partial charge in [-0.3, -0.25) is 4.79 Å². The van der Waals surface area contributed by atoms with E-state index in [9.17, 15) is 18.3 Å². The first kappa shape index (κ1) is 32.8. The standard InChI is InChI=1S/C35H47ClN2O5S/c1-4-9-33-25(3)11-7-13-31(39)24(2)10-5-6-19-38-22-35(18-8-12-26-20-28(36)15-16-29(26)35)23-43-32-17-14-27(21-30(32)38)34(40)37-44(33,41)42/h7,13-17,20-21,24-25,31,33,39H,4-6,8-12,18-19,22-23H2,1-3H3,(H,37,40)/b13-7+/t24?,25?,31?,33?,35-/m0/s1. The Hall–Kier alpha value is -2.55. The number of allylic oxidation sites excluding steroid dienone is 1. The lowest BCUT2D eigenvalue weighted by molar-refractivity contribution is 0.0980.